The molecule has 31 heavy (non-hydrogen) atoms. The number of anilines is 1. The van der Waals surface area contributed by atoms with Crippen molar-refractivity contribution in [3.63, 3.8) is 0 Å². The van der Waals surface area contributed by atoms with Crippen molar-refractivity contribution >= 4 is 39.3 Å². The van der Waals surface area contributed by atoms with Crippen LogP contribution in [-0.2, 0) is 14.8 Å². The molecule has 7 nitrogen and oxygen atoms in total. The lowest BCUT2D eigenvalue weighted by atomic mass is 9.94. The summed E-state index contributed by atoms with van der Waals surface area (Å²) in [7, 11) is -3.69. The highest BCUT2D eigenvalue weighted by Gasteiger charge is 2.32. The molecule has 2 atom stereocenters. The van der Waals surface area contributed by atoms with Gasteiger partial charge in [0.1, 0.15) is 0 Å². The molecule has 0 radical (unpaired) electrons. The molecule has 1 aliphatic rings. The first-order chi connectivity index (χ1) is 14.7. The van der Waals surface area contributed by atoms with Gasteiger partial charge in [0.15, 0.2) is 0 Å². The molecule has 2 unspecified atom stereocenters. The van der Waals surface area contributed by atoms with E-state index in [0.717, 1.165) is 6.42 Å². The number of piperidine rings is 1. The van der Waals surface area contributed by atoms with Gasteiger partial charge in [-0.3, -0.25) is 9.59 Å². The Morgan fingerprint density at radius 1 is 1.10 bits per heavy atom. The Hall–Kier alpha value is -2.36. The van der Waals surface area contributed by atoms with Gasteiger partial charge in [0.05, 0.1) is 16.3 Å². The number of nitrogens with two attached hydrogens (primary N) is 1. The molecule has 3 N–H and O–H groups in total. The predicted octanol–water partition coefficient (Wildman–Crippen LogP) is 3.18. The Balaban J connectivity index is 1.80. The molecule has 0 bridgehead atoms. The number of primary amides is 1. The molecule has 0 spiro atoms. The molecule has 1 heterocycles. The molecular weight excluding hydrogens is 434 g/mol. The van der Waals surface area contributed by atoms with Crippen LogP contribution in [0.3, 0.4) is 0 Å². The van der Waals surface area contributed by atoms with Gasteiger partial charge in [-0.05, 0) is 48.6 Å². The van der Waals surface area contributed by atoms with Crippen LogP contribution in [0.1, 0.15) is 30.6 Å². The van der Waals surface area contributed by atoms with E-state index in [4.69, 9.17) is 5.73 Å². The van der Waals surface area contributed by atoms with Crippen molar-refractivity contribution in [3.8, 4) is 0 Å². The number of benzene rings is 2. The fourth-order valence-corrected chi connectivity index (χ4v) is 6.26. The fourth-order valence-electron chi connectivity index (χ4n) is 3.79. The first-order valence-corrected chi connectivity index (χ1v) is 12.5. The van der Waals surface area contributed by atoms with E-state index >= 15 is 0 Å². The number of hydrogen-bond donors (Lipinski definition) is 2. The summed E-state index contributed by atoms with van der Waals surface area (Å²) in [6.45, 7) is 5.06. The number of sulfonamides is 1. The molecule has 1 fully saturated rings. The second kappa shape index (κ2) is 9.84. The Bertz CT molecular complexity index is 1060. The van der Waals surface area contributed by atoms with Gasteiger partial charge in [-0.1, -0.05) is 32.0 Å². The molecule has 3 rings (SSSR count). The van der Waals surface area contributed by atoms with Crippen molar-refractivity contribution < 1.29 is 18.0 Å². The third-order valence-corrected chi connectivity index (χ3v) is 8.00. The minimum absolute atomic E-state index is 0.0906. The van der Waals surface area contributed by atoms with E-state index < -0.39 is 21.8 Å². The molecule has 0 saturated carbocycles. The second-order valence-corrected chi connectivity index (χ2v) is 11.0. The van der Waals surface area contributed by atoms with E-state index in [9.17, 15) is 18.0 Å². The van der Waals surface area contributed by atoms with Gasteiger partial charge in [-0.25, -0.2) is 8.42 Å². The van der Waals surface area contributed by atoms with Gasteiger partial charge in [0.2, 0.25) is 15.9 Å². The Morgan fingerprint density at radius 3 is 2.45 bits per heavy atom. The lowest BCUT2D eigenvalue weighted by Gasteiger charge is -2.34. The van der Waals surface area contributed by atoms with Crippen LogP contribution in [0.5, 0.6) is 0 Å². The van der Waals surface area contributed by atoms with E-state index in [0.29, 0.717) is 35.5 Å². The standard InChI is InChI=1S/C22H27N3O4S2/c1-15-10-16(2)13-25(12-15)31(28,29)18-7-5-6-17(11-18)22(27)24-19-8-3-4-9-20(19)30-14-21(23)26/h3-9,11,15-16H,10,12-14H2,1-2H3,(H2,23,26)(H,24,27). The number of hydrogen-bond acceptors (Lipinski definition) is 5. The van der Waals surface area contributed by atoms with Crippen molar-refractivity contribution in [3.05, 3.63) is 54.1 Å². The minimum Gasteiger partial charge on any atom is -0.369 e. The second-order valence-electron chi connectivity index (χ2n) is 8.00. The summed E-state index contributed by atoms with van der Waals surface area (Å²) >= 11 is 1.23. The van der Waals surface area contributed by atoms with Crippen LogP contribution in [0.4, 0.5) is 5.69 Å². The normalized spacial score (nSPS) is 19.7. The first kappa shape index (κ1) is 23.3. The molecule has 9 heteroatoms. The van der Waals surface area contributed by atoms with Gasteiger partial charge in [-0.2, -0.15) is 4.31 Å². The van der Waals surface area contributed by atoms with Crippen LogP contribution < -0.4 is 11.1 Å². The summed E-state index contributed by atoms with van der Waals surface area (Å²) in [5, 5.41) is 2.80. The van der Waals surface area contributed by atoms with Gasteiger partial charge >= 0.3 is 0 Å². The zero-order valence-electron chi connectivity index (χ0n) is 17.6. The highest BCUT2D eigenvalue weighted by Crippen LogP contribution is 2.29. The summed E-state index contributed by atoms with van der Waals surface area (Å²) in [5.41, 5.74) is 5.99. The van der Waals surface area contributed by atoms with Crippen molar-refractivity contribution in [1.82, 2.24) is 4.31 Å². The quantitative estimate of drug-likeness (QED) is 0.616. The zero-order chi connectivity index (χ0) is 22.6. The largest absolute Gasteiger partial charge is 0.369 e. The molecule has 1 aliphatic heterocycles. The highest BCUT2D eigenvalue weighted by atomic mass is 32.2. The van der Waals surface area contributed by atoms with E-state index in [1.165, 1.54) is 28.2 Å². The zero-order valence-corrected chi connectivity index (χ0v) is 19.2. The van der Waals surface area contributed by atoms with Gasteiger partial charge in [0.25, 0.3) is 5.91 Å². The number of carbonyl (C=O) groups is 2. The molecule has 0 aliphatic carbocycles. The lowest BCUT2D eigenvalue weighted by molar-refractivity contribution is -0.115. The molecular formula is C22H27N3O4S2. The SMILES string of the molecule is CC1CC(C)CN(S(=O)(=O)c2cccc(C(=O)Nc3ccccc3SCC(N)=O)c2)C1. The van der Waals surface area contributed by atoms with Crippen molar-refractivity contribution in [1.29, 1.82) is 0 Å². The number of nitrogens with one attached hydrogen (secondary N) is 1. The van der Waals surface area contributed by atoms with Gasteiger partial charge in [-0.15, -0.1) is 11.8 Å². The van der Waals surface area contributed by atoms with Crippen molar-refractivity contribution in [2.24, 2.45) is 17.6 Å². The van der Waals surface area contributed by atoms with Gasteiger partial charge in [0, 0.05) is 23.5 Å². The molecule has 2 aromatic carbocycles. The van der Waals surface area contributed by atoms with E-state index in [1.807, 2.05) is 0 Å². The maximum atomic E-state index is 13.2. The molecule has 166 valence electrons. The summed E-state index contributed by atoms with van der Waals surface area (Å²) < 4.78 is 27.8. The topological polar surface area (TPSA) is 110 Å². The smallest absolute Gasteiger partial charge is 0.255 e. The Labute approximate surface area is 187 Å². The maximum absolute atomic E-state index is 13.2. The van der Waals surface area contributed by atoms with Crippen LogP contribution in [0.2, 0.25) is 0 Å². The number of carbonyl (C=O) groups excluding carboxylic acids is 2. The number of thioether (sulfide) groups is 1. The Kier molecular flexibility index (Phi) is 7.40. The average molecular weight is 462 g/mol. The van der Waals surface area contributed by atoms with Crippen LogP contribution in [0, 0.1) is 11.8 Å². The summed E-state index contributed by atoms with van der Waals surface area (Å²) in [6, 6.07) is 13.2. The summed E-state index contributed by atoms with van der Waals surface area (Å²) in [5.74, 6) is -0.207. The fraction of sp³-hybridized carbons (Fsp3) is 0.364. The van der Waals surface area contributed by atoms with Crippen LogP contribution >= 0.6 is 11.8 Å². The van der Waals surface area contributed by atoms with Gasteiger partial charge < -0.3 is 11.1 Å². The third-order valence-electron chi connectivity index (χ3n) is 5.07. The monoisotopic (exact) mass is 461 g/mol. The van der Waals surface area contributed by atoms with Crippen LogP contribution in [-0.4, -0.2) is 43.4 Å². The van der Waals surface area contributed by atoms with E-state index in [2.05, 4.69) is 19.2 Å². The average Bonchev–Trinajstić information content (AvgIpc) is 2.72. The number of para-hydroxylation sites is 1. The predicted molar refractivity (Wildman–Crippen MR) is 122 cm³/mol. The minimum atomic E-state index is -3.69. The molecule has 2 amide bonds. The van der Waals surface area contributed by atoms with Crippen molar-refractivity contribution in [2.45, 2.75) is 30.1 Å². The number of amides is 2. The van der Waals surface area contributed by atoms with E-state index in [1.54, 1.807) is 36.4 Å². The summed E-state index contributed by atoms with van der Waals surface area (Å²) in [6.07, 6.45) is 1.00. The van der Waals surface area contributed by atoms with Crippen LogP contribution in [0.25, 0.3) is 0 Å². The maximum Gasteiger partial charge on any atom is 0.255 e. The number of rotatable bonds is 7. The van der Waals surface area contributed by atoms with Crippen LogP contribution in [0.15, 0.2) is 58.3 Å². The van der Waals surface area contributed by atoms with Crippen molar-refractivity contribution in [2.75, 3.05) is 24.2 Å². The molecule has 0 aromatic heterocycles. The molecule has 2 aromatic rings. The number of nitrogens with zero attached hydrogens (tertiary/aromatic N) is 1. The molecule has 1 saturated heterocycles. The highest BCUT2D eigenvalue weighted by molar-refractivity contribution is 8.00. The first-order valence-electron chi connectivity index (χ1n) is 10.1. The lowest BCUT2D eigenvalue weighted by Crippen LogP contribution is -2.42. The Morgan fingerprint density at radius 2 is 1.77 bits per heavy atom. The third kappa shape index (κ3) is 5.87. The van der Waals surface area contributed by atoms with E-state index in [-0.39, 0.29) is 16.2 Å². The summed E-state index contributed by atoms with van der Waals surface area (Å²) in [4.78, 5) is 24.7.